The van der Waals surface area contributed by atoms with Crippen LogP contribution in [0.5, 0.6) is 5.75 Å². The number of thioether (sulfide) groups is 1. The lowest BCUT2D eigenvalue weighted by Gasteiger charge is -2.16. The Balaban J connectivity index is 1.35. The number of para-hydroxylation sites is 1. The lowest BCUT2D eigenvalue weighted by atomic mass is 10.2. The van der Waals surface area contributed by atoms with E-state index in [9.17, 15) is 9.59 Å². The van der Waals surface area contributed by atoms with Gasteiger partial charge in [0, 0.05) is 5.69 Å². The number of aryl methyl sites for hydroxylation is 2. The van der Waals surface area contributed by atoms with Crippen molar-refractivity contribution in [3.05, 3.63) is 124 Å². The van der Waals surface area contributed by atoms with E-state index in [0.29, 0.717) is 26.5 Å². The van der Waals surface area contributed by atoms with Gasteiger partial charge < -0.3 is 10.1 Å². The van der Waals surface area contributed by atoms with Gasteiger partial charge in [-0.25, -0.2) is 4.99 Å². The van der Waals surface area contributed by atoms with Gasteiger partial charge in [0.25, 0.3) is 11.8 Å². The monoisotopic (exact) mass is 567 g/mol. The van der Waals surface area contributed by atoms with Gasteiger partial charge in [-0.1, -0.05) is 71.3 Å². The van der Waals surface area contributed by atoms with Crippen LogP contribution in [-0.2, 0) is 9.59 Å². The third-order valence-corrected chi connectivity index (χ3v) is 7.29. The number of anilines is 2. The van der Waals surface area contributed by atoms with E-state index in [1.54, 1.807) is 41.3 Å². The molecular weight excluding hydrogens is 542 g/mol. The first-order valence-corrected chi connectivity index (χ1v) is 13.8. The number of hydrogen-bond donors (Lipinski definition) is 1. The Morgan fingerprint density at radius 1 is 0.950 bits per heavy atom. The summed E-state index contributed by atoms with van der Waals surface area (Å²) in [5.74, 6) is -0.0907. The van der Waals surface area contributed by atoms with E-state index >= 15 is 0 Å². The summed E-state index contributed by atoms with van der Waals surface area (Å²) in [5, 5.41) is 3.67. The topological polar surface area (TPSA) is 71.0 Å². The van der Waals surface area contributed by atoms with E-state index in [1.165, 1.54) is 11.8 Å². The van der Waals surface area contributed by atoms with Gasteiger partial charge >= 0.3 is 0 Å². The van der Waals surface area contributed by atoms with Crippen LogP contribution in [-0.4, -0.2) is 23.6 Å². The predicted octanol–water partition coefficient (Wildman–Crippen LogP) is 7.78. The summed E-state index contributed by atoms with van der Waals surface area (Å²) in [7, 11) is 0. The van der Waals surface area contributed by atoms with E-state index in [2.05, 4.69) is 5.32 Å². The van der Waals surface area contributed by atoms with Crippen molar-refractivity contribution in [2.75, 3.05) is 16.8 Å². The highest BCUT2D eigenvalue weighted by Gasteiger charge is 2.34. The number of amidine groups is 1. The normalized spacial score (nSPS) is 15.1. The zero-order valence-corrected chi connectivity index (χ0v) is 23.5. The number of rotatable bonds is 7. The van der Waals surface area contributed by atoms with Crippen molar-refractivity contribution in [1.29, 1.82) is 0 Å². The number of ether oxygens (including phenoxy) is 1. The molecule has 5 rings (SSSR count). The minimum Gasteiger partial charge on any atom is -0.482 e. The third-order valence-electron chi connectivity index (χ3n) is 6.03. The molecule has 0 saturated carbocycles. The van der Waals surface area contributed by atoms with Crippen molar-refractivity contribution < 1.29 is 14.3 Å². The van der Waals surface area contributed by atoms with Gasteiger partial charge in [-0.05, 0) is 85.8 Å². The van der Waals surface area contributed by atoms with Crippen molar-refractivity contribution >= 4 is 63.5 Å². The molecule has 1 aliphatic rings. The number of nitrogens with zero attached hydrogens (tertiary/aromatic N) is 2. The van der Waals surface area contributed by atoms with E-state index in [0.717, 1.165) is 28.1 Å². The van der Waals surface area contributed by atoms with Crippen LogP contribution in [0.3, 0.4) is 0 Å². The van der Waals surface area contributed by atoms with Crippen LogP contribution < -0.4 is 15.0 Å². The van der Waals surface area contributed by atoms with Crippen molar-refractivity contribution in [3.63, 3.8) is 0 Å². The highest BCUT2D eigenvalue weighted by atomic mass is 35.5. The quantitative estimate of drug-likeness (QED) is 0.231. The molecule has 40 heavy (non-hydrogen) atoms. The van der Waals surface area contributed by atoms with Crippen molar-refractivity contribution in [2.24, 2.45) is 4.99 Å². The van der Waals surface area contributed by atoms with Crippen molar-refractivity contribution in [1.82, 2.24) is 0 Å². The zero-order chi connectivity index (χ0) is 28.1. The summed E-state index contributed by atoms with van der Waals surface area (Å²) in [5.41, 5.74) is 5.16. The van der Waals surface area contributed by atoms with Crippen molar-refractivity contribution in [2.45, 2.75) is 13.8 Å². The number of amides is 2. The lowest BCUT2D eigenvalue weighted by Crippen LogP contribution is -2.28. The minimum absolute atomic E-state index is 0.172. The number of nitrogens with one attached hydrogen (secondary N) is 1. The van der Waals surface area contributed by atoms with Crippen LogP contribution in [0, 0.1) is 13.8 Å². The van der Waals surface area contributed by atoms with E-state index in [1.807, 2.05) is 80.6 Å². The maximum atomic E-state index is 13.6. The minimum atomic E-state index is -0.294. The lowest BCUT2D eigenvalue weighted by molar-refractivity contribution is -0.118. The summed E-state index contributed by atoms with van der Waals surface area (Å²) in [6.07, 6.45) is 1.78. The predicted molar refractivity (Wildman–Crippen MR) is 165 cm³/mol. The molecule has 200 valence electrons. The molecule has 8 heteroatoms. The summed E-state index contributed by atoms with van der Waals surface area (Å²) >= 11 is 7.78. The Hall–Kier alpha value is -4.33. The van der Waals surface area contributed by atoms with Gasteiger partial charge in [0.05, 0.1) is 21.3 Å². The van der Waals surface area contributed by atoms with Gasteiger partial charge in [0.1, 0.15) is 5.75 Å². The Morgan fingerprint density at radius 2 is 1.62 bits per heavy atom. The molecule has 0 bridgehead atoms. The molecule has 4 aromatic rings. The molecule has 1 N–H and O–H groups in total. The summed E-state index contributed by atoms with van der Waals surface area (Å²) in [6.45, 7) is 3.84. The number of carbonyl (C=O) groups is 2. The fourth-order valence-corrected chi connectivity index (χ4v) is 5.18. The van der Waals surface area contributed by atoms with E-state index < -0.39 is 0 Å². The molecule has 1 fully saturated rings. The van der Waals surface area contributed by atoms with Gasteiger partial charge in [-0.15, -0.1) is 0 Å². The molecule has 1 aliphatic heterocycles. The molecule has 4 aromatic carbocycles. The first-order valence-electron chi connectivity index (χ1n) is 12.6. The van der Waals surface area contributed by atoms with Crippen molar-refractivity contribution in [3.8, 4) is 5.75 Å². The van der Waals surface area contributed by atoms with Crippen LogP contribution in [0.1, 0.15) is 16.7 Å². The standard InChI is InChI=1S/C32H26ClN3O3S/c1-21-8-13-25(14-9-21)35-32-36(26-15-10-22(2)11-16-26)31(38)29(40-32)19-23-12-17-28(27(33)18-23)39-20-30(37)34-24-6-4-3-5-7-24/h3-19H,20H2,1-2H3,(H,34,37)/b29-19-,35-32?. The van der Waals surface area contributed by atoms with E-state index in [4.69, 9.17) is 21.3 Å². The molecule has 0 aliphatic carbocycles. The molecule has 0 radical (unpaired) electrons. The third kappa shape index (κ3) is 6.62. The highest BCUT2D eigenvalue weighted by Crippen LogP contribution is 2.38. The Labute approximate surface area is 242 Å². The smallest absolute Gasteiger partial charge is 0.271 e. The Morgan fingerprint density at radius 3 is 2.30 bits per heavy atom. The first kappa shape index (κ1) is 27.2. The van der Waals surface area contributed by atoms with Gasteiger partial charge in [-0.2, -0.15) is 0 Å². The van der Waals surface area contributed by atoms with Crippen LogP contribution in [0.15, 0.2) is 107 Å². The van der Waals surface area contributed by atoms with Gasteiger partial charge in [0.2, 0.25) is 0 Å². The number of benzene rings is 4. The zero-order valence-electron chi connectivity index (χ0n) is 21.9. The molecule has 0 atom stereocenters. The molecule has 0 spiro atoms. The van der Waals surface area contributed by atoms with Crippen LogP contribution in [0.2, 0.25) is 5.02 Å². The molecule has 0 unspecified atom stereocenters. The highest BCUT2D eigenvalue weighted by molar-refractivity contribution is 8.19. The summed E-state index contributed by atoms with van der Waals surface area (Å²) in [4.78, 5) is 32.7. The molecule has 0 aromatic heterocycles. The van der Waals surface area contributed by atoms with Crippen LogP contribution in [0.4, 0.5) is 17.1 Å². The molecular formula is C32H26ClN3O3S. The average Bonchev–Trinajstić information content (AvgIpc) is 3.24. The fraction of sp³-hybridized carbons (Fsp3) is 0.0938. The van der Waals surface area contributed by atoms with Gasteiger partial charge in [-0.3, -0.25) is 14.5 Å². The van der Waals surface area contributed by atoms with Gasteiger partial charge in [0.15, 0.2) is 11.8 Å². The van der Waals surface area contributed by atoms with E-state index in [-0.39, 0.29) is 18.4 Å². The second-order valence-corrected chi connectivity index (χ2v) is 10.6. The number of aliphatic imine (C=N–C) groups is 1. The SMILES string of the molecule is Cc1ccc(N=C2S/C(=C\c3ccc(OCC(=O)Nc4ccccc4)c(Cl)c3)C(=O)N2c2ccc(C)cc2)cc1. The Bertz CT molecular complexity index is 1600. The first-order chi connectivity index (χ1) is 19.4. The maximum absolute atomic E-state index is 13.6. The fourth-order valence-electron chi connectivity index (χ4n) is 3.94. The number of hydrogen-bond acceptors (Lipinski definition) is 5. The molecule has 1 heterocycles. The number of carbonyl (C=O) groups excluding carboxylic acids is 2. The largest absolute Gasteiger partial charge is 0.482 e. The molecule has 1 saturated heterocycles. The van der Waals surface area contributed by atoms with Crippen LogP contribution in [0.25, 0.3) is 6.08 Å². The molecule has 6 nitrogen and oxygen atoms in total. The molecule has 2 amide bonds. The summed E-state index contributed by atoms with van der Waals surface area (Å²) < 4.78 is 5.63. The average molecular weight is 568 g/mol. The van der Waals surface area contributed by atoms with Crippen LogP contribution >= 0.6 is 23.4 Å². The maximum Gasteiger partial charge on any atom is 0.271 e. The summed E-state index contributed by atoms with van der Waals surface area (Å²) in [6, 6.07) is 29.9. The second kappa shape index (κ2) is 12.2. The number of halogens is 1. The Kier molecular flexibility index (Phi) is 8.34. The second-order valence-electron chi connectivity index (χ2n) is 9.21.